The standard InChI is InChI=1S/C15H12Cl2N4O/c16-9-3-4-10(11(17)8-9)12-5-6-18-15-19-14(20-21(12)15)13-2-1-7-22-13/h3-6,8,13H,1-2,7H2. The average Bonchev–Trinajstić information content (AvgIpc) is 3.16. The van der Waals surface area contributed by atoms with E-state index >= 15 is 0 Å². The summed E-state index contributed by atoms with van der Waals surface area (Å²) in [5.41, 5.74) is 1.66. The van der Waals surface area contributed by atoms with Crippen molar-refractivity contribution >= 4 is 29.0 Å². The van der Waals surface area contributed by atoms with Gasteiger partial charge in [0.15, 0.2) is 5.82 Å². The Labute approximate surface area is 136 Å². The third kappa shape index (κ3) is 2.35. The Bertz CT molecular complexity index is 843. The molecule has 0 N–H and O–H groups in total. The van der Waals surface area contributed by atoms with Gasteiger partial charge in [-0.2, -0.15) is 9.50 Å². The SMILES string of the molecule is Clc1ccc(-c2ccnc3nc(C4CCCO4)nn23)c(Cl)c1. The number of ether oxygens (including phenoxy) is 1. The second kappa shape index (κ2) is 5.50. The molecule has 1 atom stereocenters. The zero-order chi connectivity index (χ0) is 15.1. The number of fused-ring (bicyclic) bond motifs is 1. The van der Waals surface area contributed by atoms with Crippen molar-refractivity contribution in [3.8, 4) is 11.3 Å². The quantitative estimate of drug-likeness (QED) is 0.712. The Kier molecular flexibility index (Phi) is 3.48. The van der Waals surface area contributed by atoms with Gasteiger partial charge < -0.3 is 4.74 Å². The second-order valence-electron chi connectivity index (χ2n) is 5.14. The molecule has 0 aliphatic carbocycles. The van der Waals surface area contributed by atoms with Gasteiger partial charge in [-0.3, -0.25) is 0 Å². The van der Waals surface area contributed by atoms with Crippen LogP contribution in [0.3, 0.4) is 0 Å². The minimum atomic E-state index is -0.0461. The topological polar surface area (TPSA) is 52.3 Å². The first-order chi connectivity index (χ1) is 10.7. The highest BCUT2D eigenvalue weighted by Gasteiger charge is 2.23. The van der Waals surface area contributed by atoms with Gasteiger partial charge in [-0.15, -0.1) is 5.10 Å². The largest absolute Gasteiger partial charge is 0.370 e. The molecule has 0 saturated carbocycles. The summed E-state index contributed by atoms with van der Waals surface area (Å²) in [6.07, 6.45) is 3.62. The fourth-order valence-corrected chi connectivity index (χ4v) is 3.13. The van der Waals surface area contributed by atoms with E-state index in [1.54, 1.807) is 22.8 Å². The smallest absolute Gasteiger partial charge is 0.253 e. The fourth-order valence-electron chi connectivity index (χ4n) is 2.63. The Hall–Kier alpha value is -1.69. The first-order valence-electron chi connectivity index (χ1n) is 7.01. The molecule has 1 aromatic carbocycles. The van der Waals surface area contributed by atoms with Crippen LogP contribution in [-0.2, 0) is 4.74 Å². The molecule has 0 bridgehead atoms. The van der Waals surface area contributed by atoms with Crippen LogP contribution in [0.5, 0.6) is 0 Å². The van der Waals surface area contributed by atoms with Crippen molar-refractivity contribution in [2.75, 3.05) is 6.61 Å². The highest BCUT2D eigenvalue weighted by Crippen LogP contribution is 2.31. The number of halogens is 2. The van der Waals surface area contributed by atoms with Crippen molar-refractivity contribution in [2.24, 2.45) is 0 Å². The molecule has 0 radical (unpaired) electrons. The molecular formula is C15H12Cl2N4O. The molecule has 1 aliphatic heterocycles. The molecule has 3 heterocycles. The van der Waals surface area contributed by atoms with Gasteiger partial charge in [-0.25, -0.2) is 4.98 Å². The van der Waals surface area contributed by atoms with E-state index in [0.717, 1.165) is 30.7 Å². The molecule has 0 amide bonds. The van der Waals surface area contributed by atoms with Crippen molar-refractivity contribution in [1.82, 2.24) is 19.6 Å². The van der Waals surface area contributed by atoms with Crippen molar-refractivity contribution in [3.05, 3.63) is 46.3 Å². The van der Waals surface area contributed by atoms with Gasteiger partial charge in [0.25, 0.3) is 5.78 Å². The molecule has 1 fully saturated rings. The summed E-state index contributed by atoms with van der Waals surface area (Å²) >= 11 is 12.3. The molecular weight excluding hydrogens is 323 g/mol. The third-order valence-electron chi connectivity index (χ3n) is 3.68. The van der Waals surface area contributed by atoms with Crippen LogP contribution in [0.25, 0.3) is 17.0 Å². The minimum absolute atomic E-state index is 0.0461. The van der Waals surface area contributed by atoms with E-state index in [-0.39, 0.29) is 6.10 Å². The van der Waals surface area contributed by atoms with Crippen LogP contribution in [0, 0.1) is 0 Å². The molecule has 2 aromatic heterocycles. The van der Waals surface area contributed by atoms with Gasteiger partial charge in [0.2, 0.25) is 0 Å². The van der Waals surface area contributed by atoms with E-state index in [2.05, 4.69) is 15.1 Å². The zero-order valence-corrected chi connectivity index (χ0v) is 13.1. The van der Waals surface area contributed by atoms with Gasteiger partial charge >= 0.3 is 0 Å². The maximum Gasteiger partial charge on any atom is 0.253 e. The van der Waals surface area contributed by atoms with Crippen LogP contribution < -0.4 is 0 Å². The summed E-state index contributed by atoms with van der Waals surface area (Å²) in [7, 11) is 0. The lowest BCUT2D eigenvalue weighted by Gasteiger charge is -2.06. The Morgan fingerprint density at radius 2 is 2.14 bits per heavy atom. The number of aromatic nitrogens is 4. The van der Waals surface area contributed by atoms with Gasteiger partial charge in [0.1, 0.15) is 6.10 Å². The number of rotatable bonds is 2. The van der Waals surface area contributed by atoms with E-state index in [9.17, 15) is 0 Å². The average molecular weight is 335 g/mol. The van der Waals surface area contributed by atoms with Crippen LogP contribution in [0.4, 0.5) is 0 Å². The summed E-state index contributed by atoms with van der Waals surface area (Å²) in [4.78, 5) is 8.75. The normalized spacial score (nSPS) is 18.2. The number of nitrogens with zero attached hydrogens (tertiary/aromatic N) is 4. The zero-order valence-electron chi connectivity index (χ0n) is 11.5. The molecule has 22 heavy (non-hydrogen) atoms. The van der Waals surface area contributed by atoms with Gasteiger partial charge in [0.05, 0.1) is 10.7 Å². The summed E-state index contributed by atoms with van der Waals surface area (Å²) in [5, 5.41) is 5.72. The predicted octanol–water partition coefficient (Wildman–Crippen LogP) is 3.95. The van der Waals surface area contributed by atoms with E-state index in [0.29, 0.717) is 21.6 Å². The van der Waals surface area contributed by atoms with Crippen LogP contribution >= 0.6 is 23.2 Å². The summed E-state index contributed by atoms with van der Waals surface area (Å²) in [6, 6.07) is 7.23. The lowest BCUT2D eigenvalue weighted by Crippen LogP contribution is -2.00. The van der Waals surface area contributed by atoms with Crippen molar-refractivity contribution < 1.29 is 4.74 Å². The molecule has 1 saturated heterocycles. The lowest BCUT2D eigenvalue weighted by atomic mass is 10.1. The molecule has 1 aliphatic rings. The monoisotopic (exact) mass is 334 g/mol. The molecule has 0 spiro atoms. The number of benzene rings is 1. The Morgan fingerprint density at radius 1 is 1.23 bits per heavy atom. The molecule has 1 unspecified atom stereocenters. The fraction of sp³-hybridized carbons (Fsp3) is 0.267. The summed E-state index contributed by atoms with van der Waals surface area (Å²) in [5.74, 6) is 1.21. The van der Waals surface area contributed by atoms with Gasteiger partial charge in [-0.05, 0) is 37.1 Å². The Balaban J connectivity index is 1.87. The second-order valence-corrected chi connectivity index (χ2v) is 5.98. The third-order valence-corrected chi connectivity index (χ3v) is 4.23. The van der Waals surface area contributed by atoms with E-state index < -0.39 is 0 Å². The highest BCUT2D eigenvalue weighted by molar-refractivity contribution is 6.36. The first kappa shape index (κ1) is 13.9. The number of hydrogen-bond acceptors (Lipinski definition) is 4. The van der Waals surface area contributed by atoms with Crippen LogP contribution in [-0.4, -0.2) is 26.2 Å². The maximum absolute atomic E-state index is 6.31. The van der Waals surface area contributed by atoms with Crippen molar-refractivity contribution in [1.29, 1.82) is 0 Å². The minimum Gasteiger partial charge on any atom is -0.370 e. The summed E-state index contributed by atoms with van der Waals surface area (Å²) < 4.78 is 7.34. The molecule has 4 rings (SSSR count). The van der Waals surface area contributed by atoms with Gasteiger partial charge in [-0.1, -0.05) is 23.2 Å². The molecule has 5 nitrogen and oxygen atoms in total. The molecule has 3 aromatic rings. The van der Waals surface area contributed by atoms with Gasteiger partial charge in [0, 0.05) is 23.4 Å². The molecule has 112 valence electrons. The first-order valence-corrected chi connectivity index (χ1v) is 7.77. The van der Waals surface area contributed by atoms with Crippen molar-refractivity contribution in [3.63, 3.8) is 0 Å². The highest BCUT2D eigenvalue weighted by atomic mass is 35.5. The van der Waals surface area contributed by atoms with Crippen LogP contribution in [0.1, 0.15) is 24.8 Å². The number of hydrogen-bond donors (Lipinski definition) is 0. The van der Waals surface area contributed by atoms with E-state index in [4.69, 9.17) is 27.9 Å². The van der Waals surface area contributed by atoms with Crippen LogP contribution in [0.2, 0.25) is 10.0 Å². The predicted molar refractivity (Wildman–Crippen MR) is 84.2 cm³/mol. The lowest BCUT2D eigenvalue weighted by molar-refractivity contribution is 0.105. The van der Waals surface area contributed by atoms with E-state index in [1.807, 2.05) is 12.1 Å². The van der Waals surface area contributed by atoms with Crippen molar-refractivity contribution in [2.45, 2.75) is 18.9 Å². The summed E-state index contributed by atoms with van der Waals surface area (Å²) in [6.45, 7) is 0.753. The Morgan fingerprint density at radius 3 is 2.91 bits per heavy atom. The van der Waals surface area contributed by atoms with Crippen LogP contribution in [0.15, 0.2) is 30.5 Å². The maximum atomic E-state index is 6.31. The molecule has 7 heteroatoms. The van der Waals surface area contributed by atoms with E-state index in [1.165, 1.54) is 0 Å².